The third-order valence-electron chi connectivity index (χ3n) is 5.40. The summed E-state index contributed by atoms with van der Waals surface area (Å²) < 4.78 is 11.7. The first-order valence-corrected chi connectivity index (χ1v) is 10.5. The molecule has 1 N–H and O–H groups in total. The van der Waals surface area contributed by atoms with E-state index in [2.05, 4.69) is 0 Å². The number of benzene rings is 3. The van der Waals surface area contributed by atoms with Crippen molar-refractivity contribution in [2.24, 2.45) is 0 Å². The Labute approximate surface area is 191 Å². The largest absolute Gasteiger partial charge is 0.479 e. The van der Waals surface area contributed by atoms with E-state index in [0.29, 0.717) is 11.1 Å². The Morgan fingerprint density at radius 2 is 1.18 bits per heavy atom. The Kier molecular flexibility index (Phi) is 6.92. The van der Waals surface area contributed by atoms with E-state index in [4.69, 9.17) is 9.47 Å². The summed E-state index contributed by atoms with van der Waals surface area (Å²) in [5, 5.41) is 9.90. The molecule has 0 spiro atoms. The summed E-state index contributed by atoms with van der Waals surface area (Å²) in [7, 11) is 0. The molecule has 2 unspecified atom stereocenters. The van der Waals surface area contributed by atoms with E-state index in [1.165, 1.54) is 0 Å². The number of ether oxygens (including phenoxy) is 2. The van der Waals surface area contributed by atoms with Crippen LogP contribution < -0.4 is 0 Å². The Balaban J connectivity index is 1.55. The minimum Gasteiger partial charge on any atom is -0.479 e. The van der Waals surface area contributed by atoms with E-state index >= 15 is 0 Å². The van der Waals surface area contributed by atoms with Crippen LogP contribution in [0.15, 0.2) is 84.9 Å². The van der Waals surface area contributed by atoms with Crippen molar-refractivity contribution in [3.63, 3.8) is 0 Å². The average molecular weight is 445 g/mol. The Morgan fingerprint density at radius 3 is 1.67 bits per heavy atom. The molecular weight excluding hydrogens is 422 g/mol. The maximum absolute atomic E-state index is 12.8. The van der Waals surface area contributed by atoms with Crippen molar-refractivity contribution in [2.75, 3.05) is 6.54 Å². The van der Waals surface area contributed by atoms with E-state index in [1.807, 2.05) is 60.7 Å². The molecule has 0 radical (unpaired) electrons. The number of carboxylic acid groups (broad SMARTS) is 1. The molecule has 7 heteroatoms. The highest BCUT2D eigenvalue weighted by atomic mass is 16.6. The van der Waals surface area contributed by atoms with Gasteiger partial charge in [0.05, 0.1) is 30.9 Å². The van der Waals surface area contributed by atoms with Crippen LogP contribution in [0.3, 0.4) is 0 Å². The summed E-state index contributed by atoms with van der Waals surface area (Å²) in [6.45, 7) is -0.0940. The van der Waals surface area contributed by atoms with E-state index in [9.17, 15) is 19.5 Å². The van der Waals surface area contributed by atoms with Crippen LogP contribution in [0.4, 0.5) is 0 Å². The number of carbonyl (C=O) groups excluding carboxylic acids is 2. The Hall–Kier alpha value is -3.81. The summed E-state index contributed by atoms with van der Waals surface area (Å²) >= 11 is 0. The highest BCUT2D eigenvalue weighted by molar-refractivity contribution is 6.21. The third kappa shape index (κ3) is 5.16. The molecule has 2 amide bonds. The molecule has 0 aliphatic carbocycles. The van der Waals surface area contributed by atoms with Gasteiger partial charge in [-0.1, -0.05) is 72.8 Å². The van der Waals surface area contributed by atoms with Gasteiger partial charge in [0.25, 0.3) is 11.8 Å². The van der Waals surface area contributed by atoms with Crippen molar-refractivity contribution in [3.8, 4) is 0 Å². The molecule has 0 aromatic heterocycles. The molecule has 1 aliphatic rings. The second-order valence-corrected chi connectivity index (χ2v) is 7.66. The molecule has 168 valence electrons. The van der Waals surface area contributed by atoms with Crippen LogP contribution >= 0.6 is 0 Å². The summed E-state index contributed by atoms with van der Waals surface area (Å²) in [6, 6.07) is 24.9. The maximum Gasteiger partial charge on any atom is 0.335 e. The van der Waals surface area contributed by atoms with Crippen molar-refractivity contribution < 1.29 is 29.0 Å². The van der Waals surface area contributed by atoms with Gasteiger partial charge in [-0.25, -0.2) is 4.79 Å². The quantitative estimate of drug-likeness (QED) is 0.480. The number of hydrogen-bond acceptors (Lipinski definition) is 5. The Bertz CT molecular complexity index is 1100. The van der Waals surface area contributed by atoms with Gasteiger partial charge in [0.2, 0.25) is 0 Å². The number of rotatable bonds is 10. The number of aliphatic carboxylic acids is 1. The van der Waals surface area contributed by atoms with E-state index in [0.717, 1.165) is 16.0 Å². The van der Waals surface area contributed by atoms with Crippen LogP contribution in [0.1, 0.15) is 31.8 Å². The van der Waals surface area contributed by atoms with Crippen LogP contribution in [0.2, 0.25) is 0 Å². The van der Waals surface area contributed by atoms with Crippen LogP contribution in [0, 0.1) is 0 Å². The SMILES string of the molecule is O=C(O)C(OCc1ccccc1)C(CN1C(=O)c2ccccc2C1=O)OCc1ccccc1. The van der Waals surface area contributed by atoms with Crippen molar-refractivity contribution in [2.45, 2.75) is 25.4 Å². The monoisotopic (exact) mass is 445 g/mol. The number of imide groups is 1. The molecule has 0 saturated heterocycles. The van der Waals surface area contributed by atoms with Crippen molar-refractivity contribution >= 4 is 17.8 Å². The summed E-state index contributed by atoms with van der Waals surface area (Å²) in [4.78, 5) is 38.9. The lowest BCUT2D eigenvalue weighted by Gasteiger charge is -2.28. The van der Waals surface area contributed by atoms with E-state index in [1.54, 1.807) is 24.3 Å². The van der Waals surface area contributed by atoms with Gasteiger partial charge in [0, 0.05) is 0 Å². The lowest BCUT2D eigenvalue weighted by Crippen LogP contribution is -2.47. The second-order valence-electron chi connectivity index (χ2n) is 7.66. The number of carboxylic acids is 1. The first-order valence-electron chi connectivity index (χ1n) is 10.5. The van der Waals surface area contributed by atoms with Crippen LogP contribution in [-0.2, 0) is 27.5 Å². The topological polar surface area (TPSA) is 93.1 Å². The molecule has 3 aromatic carbocycles. The van der Waals surface area contributed by atoms with Crippen molar-refractivity contribution in [3.05, 3.63) is 107 Å². The highest BCUT2D eigenvalue weighted by Gasteiger charge is 2.40. The number of hydrogen-bond donors (Lipinski definition) is 1. The minimum atomic E-state index is -1.39. The first-order chi connectivity index (χ1) is 16.0. The number of carbonyl (C=O) groups is 3. The van der Waals surface area contributed by atoms with Gasteiger partial charge in [0.15, 0.2) is 6.10 Å². The second kappa shape index (κ2) is 10.2. The predicted octanol–water partition coefficient (Wildman–Crippen LogP) is 3.54. The van der Waals surface area contributed by atoms with Crippen LogP contribution in [0.5, 0.6) is 0 Å². The molecule has 2 atom stereocenters. The van der Waals surface area contributed by atoms with Gasteiger partial charge in [-0.3, -0.25) is 14.5 Å². The molecule has 1 heterocycles. The number of fused-ring (bicyclic) bond motifs is 1. The minimum absolute atomic E-state index is 0.0467. The summed E-state index contributed by atoms with van der Waals surface area (Å²) in [5.41, 5.74) is 2.21. The zero-order valence-corrected chi connectivity index (χ0v) is 17.8. The fourth-order valence-electron chi connectivity index (χ4n) is 3.70. The van der Waals surface area contributed by atoms with E-state index < -0.39 is 30.0 Å². The average Bonchev–Trinajstić information content (AvgIpc) is 3.08. The molecule has 0 fully saturated rings. The van der Waals surface area contributed by atoms with Gasteiger partial charge >= 0.3 is 5.97 Å². The standard InChI is InChI=1S/C26H23NO6/c28-24-20-13-7-8-14-21(20)25(29)27(24)15-22(32-16-18-9-3-1-4-10-18)23(26(30)31)33-17-19-11-5-2-6-12-19/h1-14,22-23H,15-17H2,(H,30,31). The van der Waals surface area contributed by atoms with Gasteiger partial charge in [-0.2, -0.15) is 0 Å². The fourth-order valence-corrected chi connectivity index (χ4v) is 3.70. The number of amides is 2. The molecular formula is C26H23NO6. The molecule has 33 heavy (non-hydrogen) atoms. The van der Waals surface area contributed by atoms with Crippen LogP contribution in [0.25, 0.3) is 0 Å². The molecule has 4 rings (SSSR count). The lowest BCUT2D eigenvalue weighted by atomic mass is 10.1. The summed E-state index contributed by atoms with van der Waals surface area (Å²) in [5.74, 6) is -2.19. The zero-order chi connectivity index (χ0) is 23.2. The lowest BCUT2D eigenvalue weighted by molar-refractivity contribution is -0.165. The third-order valence-corrected chi connectivity index (χ3v) is 5.40. The smallest absolute Gasteiger partial charge is 0.335 e. The predicted molar refractivity (Wildman–Crippen MR) is 119 cm³/mol. The van der Waals surface area contributed by atoms with Crippen molar-refractivity contribution in [1.29, 1.82) is 0 Å². The Morgan fingerprint density at radius 1 is 0.727 bits per heavy atom. The number of nitrogens with zero attached hydrogens (tertiary/aromatic N) is 1. The van der Waals surface area contributed by atoms with Gasteiger partial charge in [-0.15, -0.1) is 0 Å². The first kappa shape index (κ1) is 22.4. The van der Waals surface area contributed by atoms with Gasteiger partial charge in [-0.05, 0) is 23.3 Å². The van der Waals surface area contributed by atoms with Crippen molar-refractivity contribution in [1.82, 2.24) is 4.90 Å². The molecule has 0 saturated carbocycles. The molecule has 1 aliphatic heterocycles. The molecule has 3 aromatic rings. The summed E-state index contributed by atoms with van der Waals surface area (Å²) in [6.07, 6.45) is -2.47. The molecule has 7 nitrogen and oxygen atoms in total. The van der Waals surface area contributed by atoms with Gasteiger partial charge in [0.1, 0.15) is 6.10 Å². The van der Waals surface area contributed by atoms with Gasteiger partial charge < -0.3 is 14.6 Å². The maximum atomic E-state index is 12.8. The van der Waals surface area contributed by atoms with E-state index in [-0.39, 0.29) is 19.8 Å². The molecule has 0 bridgehead atoms. The fraction of sp³-hybridized carbons (Fsp3) is 0.192. The zero-order valence-electron chi connectivity index (χ0n) is 17.8. The highest BCUT2D eigenvalue weighted by Crippen LogP contribution is 2.24. The van der Waals surface area contributed by atoms with Crippen LogP contribution in [-0.4, -0.2) is 46.5 Å². The normalized spacial score (nSPS) is 14.7.